The van der Waals surface area contributed by atoms with Gasteiger partial charge in [0.25, 0.3) is 0 Å². The van der Waals surface area contributed by atoms with Gasteiger partial charge in [-0.3, -0.25) is 4.79 Å². The average Bonchev–Trinajstić information content (AvgIpc) is 2.96. The lowest BCUT2D eigenvalue weighted by Crippen LogP contribution is -2.35. The Morgan fingerprint density at radius 3 is 2.81 bits per heavy atom. The van der Waals surface area contributed by atoms with Crippen molar-refractivity contribution in [2.75, 3.05) is 33.8 Å². The monoisotopic (exact) mass is 308 g/mol. The van der Waals surface area contributed by atoms with Crippen molar-refractivity contribution in [1.29, 1.82) is 0 Å². The first-order valence-corrected chi connectivity index (χ1v) is 8.26. The molecule has 21 heavy (non-hydrogen) atoms. The highest BCUT2D eigenvalue weighted by molar-refractivity contribution is 8.00. The molecule has 1 aliphatic rings. The molecule has 2 rings (SSSR count). The number of nitrogens with zero attached hydrogens (tertiary/aromatic N) is 1. The Morgan fingerprint density at radius 2 is 2.19 bits per heavy atom. The molecule has 0 aromatic heterocycles. The topological polar surface area (TPSA) is 41.6 Å². The van der Waals surface area contributed by atoms with E-state index in [4.69, 9.17) is 4.74 Å². The third-order valence-corrected chi connectivity index (χ3v) is 4.91. The van der Waals surface area contributed by atoms with Crippen LogP contribution in [-0.2, 0) is 4.79 Å². The molecule has 0 radical (unpaired) electrons. The maximum Gasteiger partial charge on any atom is 0.235 e. The van der Waals surface area contributed by atoms with Crippen LogP contribution in [0.5, 0.6) is 5.75 Å². The predicted octanol–water partition coefficient (Wildman–Crippen LogP) is 2.24. The van der Waals surface area contributed by atoms with E-state index in [0.29, 0.717) is 5.92 Å². The number of carbonyl (C=O) groups excluding carboxylic acids is 1. The third kappa shape index (κ3) is 4.38. The van der Waals surface area contributed by atoms with Crippen LogP contribution in [0.2, 0.25) is 0 Å². The number of rotatable bonds is 6. The molecule has 0 aliphatic carbocycles. The van der Waals surface area contributed by atoms with E-state index in [2.05, 4.69) is 5.32 Å². The van der Waals surface area contributed by atoms with Crippen LogP contribution in [0.1, 0.15) is 13.3 Å². The Hall–Kier alpha value is -1.20. The number of carbonyl (C=O) groups is 1. The third-order valence-electron chi connectivity index (χ3n) is 3.81. The van der Waals surface area contributed by atoms with Gasteiger partial charge in [-0.1, -0.05) is 0 Å². The molecule has 2 unspecified atom stereocenters. The number of likely N-dealkylation sites (tertiary alicyclic amines) is 1. The zero-order valence-corrected chi connectivity index (χ0v) is 13.8. The summed E-state index contributed by atoms with van der Waals surface area (Å²) in [5.41, 5.74) is 0. The molecule has 1 aromatic rings. The first kappa shape index (κ1) is 16.2. The summed E-state index contributed by atoms with van der Waals surface area (Å²) < 4.78 is 5.15. The van der Waals surface area contributed by atoms with E-state index in [1.54, 1.807) is 18.9 Å². The van der Waals surface area contributed by atoms with Gasteiger partial charge in [-0.15, -0.1) is 11.8 Å². The molecular formula is C16H24N2O2S. The van der Waals surface area contributed by atoms with Crippen molar-refractivity contribution in [2.45, 2.75) is 23.5 Å². The van der Waals surface area contributed by atoms with Crippen molar-refractivity contribution in [2.24, 2.45) is 5.92 Å². The zero-order valence-electron chi connectivity index (χ0n) is 13.0. The predicted molar refractivity (Wildman–Crippen MR) is 86.9 cm³/mol. The number of hydrogen-bond acceptors (Lipinski definition) is 4. The Kier molecular flexibility index (Phi) is 5.94. The summed E-state index contributed by atoms with van der Waals surface area (Å²) in [6.07, 6.45) is 1.10. The fourth-order valence-corrected chi connectivity index (χ4v) is 3.61. The van der Waals surface area contributed by atoms with Gasteiger partial charge in [-0.05, 0) is 57.1 Å². The largest absolute Gasteiger partial charge is 0.497 e. The molecule has 2 atom stereocenters. The average molecular weight is 308 g/mol. The lowest BCUT2D eigenvalue weighted by Gasteiger charge is -2.21. The summed E-state index contributed by atoms with van der Waals surface area (Å²) in [4.78, 5) is 15.6. The van der Waals surface area contributed by atoms with Crippen molar-refractivity contribution < 1.29 is 9.53 Å². The second-order valence-corrected chi connectivity index (χ2v) is 6.85. The Bertz CT molecular complexity index is 464. The number of benzene rings is 1. The molecule has 0 spiro atoms. The minimum Gasteiger partial charge on any atom is -0.497 e. The van der Waals surface area contributed by atoms with Crippen LogP contribution in [0.4, 0.5) is 0 Å². The number of nitrogens with one attached hydrogen (secondary N) is 1. The summed E-state index contributed by atoms with van der Waals surface area (Å²) in [5.74, 6) is 1.68. The molecule has 1 aliphatic heterocycles. The van der Waals surface area contributed by atoms with Crippen molar-refractivity contribution in [3.05, 3.63) is 24.3 Å². The van der Waals surface area contributed by atoms with E-state index in [-0.39, 0.29) is 11.2 Å². The molecule has 1 saturated heterocycles. The molecule has 4 nitrogen and oxygen atoms in total. The maximum absolute atomic E-state index is 12.5. The number of amides is 1. The summed E-state index contributed by atoms with van der Waals surface area (Å²) in [7, 11) is 3.62. The van der Waals surface area contributed by atoms with Crippen molar-refractivity contribution in [3.63, 3.8) is 0 Å². The van der Waals surface area contributed by atoms with Crippen LogP contribution in [0.15, 0.2) is 29.2 Å². The molecular weight excluding hydrogens is 284 g/mol. The van der Waals surface area contributed by atoms with Crippen molar-refractivity contribution >= 4 is 17.7 Å². The van der Waals surface area contributed by atoms with Gasteiger partial charge in [0, 0.05) is 18.0 Å². The number of hydrogen-bond donors (Lipinski definition) is 1. The van der Waals surface area contributed by atoms with Gasteiger partial charge >= 0.3 is 0 Å². The van der Waals surface area contributed by atoms with Gasteiger partial charge in [0.1, 0.15) is 5.75 Å². The fraction of sp³-hybridized carbons (Fsp3) is 0.562. The minimum atomic E-state index is -0.0493. The smallest absolute Gasteiger partial charge is 0.235 e. The Morgan fingerprint density at radius 1 is 1.48 bits per heavy atom. The number of ether oxygens (including phenoxy) is 1. The van der Waals surface area contributed by atoms with Gasteiger partial charge in [0.05, 0.1) is 12.4 Å². The van der Waals surface area contributed by atoms with Gasteiger partial charge in [0.2, 0.25) is 5.91 Å². The summed E-state index contributed by atoms with van der Waals surface area (Å²) >= 11 is 1.61. The minimum absolute atomic E-state index is 0.0493. The van der Waals surface area contributed by atoms with E-state index in [1.165, 1.54) is 0 Å². The summed E-state index contributed by atoms with van der Waals surface area (Å²) in [5, 5.41) is 3.14. The summed E-state index contributed by atoms with van der Waals surface area (Å²) in [6, 6.07) is 7.86. The first-order chi connectivity index (χ1) is 10.1. The molecule has 116 valence electrons. The zero-order chi connectivity index (χ0) is 15.2. The van der Waals surface area contributed by atoms with Crippen molar-refractivity contribution in [1.82, 2.24) is 10.2 Å². The highest BCUT2D eigenvalue weighted by Crippen LogP contribution is 2.27. The van der Waals surface area contributed by atoms with Crippen LogP contribution in [0, 0.1) is 5.92 Å². The molecule has 1 N–H and O–H groups in total. The first-order valence-electron chi connectivity index (χ1n) is 7.38. The second kappa shape index (κ2) is 7.71. The van der Waals surface area contributed by atoms with Crippen LogP contribution in [-0.4, -0.2) is 49.8 Å². The van der Waals surface area contributed by atoms with Gasteiger partial charge < -0.3 is 15.0 Å². The van der Waals surface area contributed by atoms with Crippen LogP contribution >= 0.6 is 11.8 Å². The SMILES string of the molecule is CNCC1CCN(C(=O)C(C)Sc2ccc(OC)cc2)C1. The molecule has 5 heteroatoms. The molecule has 0 saturated carbocycles. The number of thioether (sulfide) groups is 1. The van der Waals surface area contributed by atoms with E-state index >= 15 is 0 Å². The van der Waals surface area contributed by atoms with E-state index in [0.717, 1.165) is 36.7 Å². The maximum atomic E-state index is 12.5. The van der Waals surface area contributed by atoms with E-state index < -0.39 is 0 Å². The van der Waals surface area contributed by atoms with Crippen molar-refractivity contribution in [3.8, 4) is 5.75 Å². The molecule has 0 bridgehead atoms. The number of methoxy groups -OCH3 is 1. The molecule has 1 fully saturated rings. The molecule has 1 heterocycles. The van der Waals surface area contributed by atoms with Crippen LogP contribution in [0.25, 0.3) is 0 Å². The van der Waals surface area contributed by atoms with Gasteiger partial charge in [-0.2, -0.15) is 0 Å². The molecule has 1 amide bonds. The highest BCUT2D eigenvalue weighted by Gasteiger charge is 2.28. The second-order valence-electron chi connectivity index (χ2n) is 5.43. The standard InChI is InChI=1S/C16H24N2O2S/c1-12(21-15-6-4-14(20-3)5-7-15)16(19)18-9-8-13(11-18)10-17-2/h4-7,12-13,17H,8-11H2,1-3H3. The summed E-state index contributed by atoms with van der Waals surface area (Å²) in [6.45, 7) is 4.75. The fourth-order valence-electron chi connectivity index (χ4n) is 2.65. The van der Waals surface area contributed by atoms with E-state index in [9.17, 15) is 4.79 Å². The van der Waals surface area contributed by atoms with E-state index in [1.807, 2.05) is 43.1 Å². The Balaban J connectivity index is 1.87. The highest BCUT2D eigenvalue weighted by atomic mass is 32.2. The van der Waals surface area contributed by atoms with Gasteiger partial charge in [0.15, 0.2) is 0 Å². The van der Waals surface area contributed by atoms with Crippen LogP contribution < -0.4 is 10.1 Å². The Labute approximate surface area is 131 Å². The quantitative estimate of drug-likeness (QED) is 0.819. The lowest BCUT2D eigenvalue weighted by molar-refractivity contribution is -0.129. The van der Waals surface area contributed by atoms with Gasteiger partial charge in [-0.25, -0.2) is 0 Å². The lowest BCUT2D eigenvalue weighted by atomic mass is 10.1. The normalized spacial score (nSPS) is 19.6. The molecule has 1 aromatic carbocycles. The van der Waals surface area contributed by atoms with Crippen LogP contribution in [0.3, 0.4) is 0 Å².